The summed E-state index contributed by atoms with van der Waals surface area (Å²) in [6.45, 7) is 6.54. The van der Waals surface area contributed by atoms with Crippen molar-refractivity contribution in [3.05, 3.63) is 95.4 Å². The largest absolute Gasteiger partial charge is 0.464 e. The zero-order valence-electron chi connectivity index (χ0n) is 17.7. The normalized spacial score (nSPS) is 10.8. The smallest absolute Gasteiger partial charge is 0.254 e. The van der Waals surface area contributed by atoms with Gasteiger partial charge in [-0.3, -0.25) is 9.59 Å². The van der Waals surface area contributed by atoms with Crippen LogP contribution >= 0.6 is 0 Å². The van der Waals surface area contributed by atoms with Crippen LogP contribution in [0.1, 0.15) is 41.3 Å². The highest BCUT2D eigenvalue weighted by atomic mass is 16.3. The molecule has 156 valence electrons. The number of amides is 2. The monoisotopic (exact) mass is 404 g/mol. The molecule has 1 heterocycles. The van der Waals surface area contributed by atoms with Crippen LogP contribution < -0.4 is 0 Å². The topological polar surface area (TPSA) is 53.8 Å². The number of carbonyl (C=O) groups is 2. The lowest BCUT2D eigenvalue weighted by molar-refractivity contribution is -0.133. The third-order valence-corrected chi connectivity index (χ3v) is 4.92. The maximum absolute atomic E-state index is 13.3. The van der Waals surface area contributed by atoms with E-state index in [1.165, 1.54) is 0 Å². The summed E-state index contributed by atoms with van der Waals surface area (Å²) in [7, 11) is 0. The van der Waals surface area contributed by atoms with Gasteiger partial charge in [-0.2, -0.15) is 0 Å². The summed E-state index contributed by atoms with van der Waals surface area (Å²) >= 11 is 0. The van der Waals surface area contributed by atoms with Gasteiger partial charge >= 0.3 is 0 Å². The molecular weight excluding hydrogens is 376 g/mol. The maximum Gasteiger partial charge on any atom is 0.254 e. The number of aryl methyl sites for hydroxylation is 1. The van der Waals surface area contributed by atoms with E-state index in [-0.39, 0.29) is 24.4 Å². The van der Waals surface area contributed by atoms with E-state index in [9.17, 15) is 9.59 Å². The third-order valence-electron chi connectivity index (χ3n) is 4.92. The number of nitrogens with zero attached hydrogens (tertiary/aromatic N) is 2. The number of hydrogen-bond donors (Lipinski definition) is 0. The van der Waals surface area contributed by atoms with Crippen molar-refractivity contribution in [3.8, 4) is 0 Å². The number of rotatable bonds is 8. The third kappa shape index (κ3) is 5.60. The first kappa shape index (κ1) is 21.4. The van der Waals surface area contributed by atoms with E-state index in [2.05, 4.69) is 0 Å². The first-order chi connectivity index (χ1) is 14.4. The average Bonchev–Trinajstić information content (AvgIpc) is 3.16. The molecule has 0 aliphatic heterocycles. The van der Waals surface area contributed by atoms with Crippen molar-refractivity contribution < 1.29 is 14.0 Å². The molecule has 5 nitrogen and oxygen atoms in total. The highest BCUT2D eigenvalue weighted by Crippen LogP contribution is 2.15. The second-order valence-electron chi connectivity index (χ2n) is 7.64. The predicted octanol–water partition coefficient (Wildman–Crippen LogP) is 4.67. The maximum atomic E-state index is 13.3. The van der Waals surface area contributed by atoms with Gasteiger partial charge in [-0.15, -0.1) is 0 Å². The van der Waals surface area contributed by atoms with E-state index >= 15 is 0 Å². The quantitative estimate of drug-likeness (QED) is 0.548. The number of hydrogen-bond acceptors (Lipinski definition) is 3. The van der Waals surface area contributed by atoms with Crippen LogP contribution in [-0.2, 0) is 17.9 Å². The summed E-state index contributed by atoms with van der Waals surface area (Å²) in [4.78, 5) is 29.7. The van der Waals surface area contributed by atoms with Crippen LogP contribution in [0.15, 0.2) is 77.2 Å². The van der Waals surface area contributed by atoms with E-state index in [0.717, 1.165) is 17.1 Å². The Morgan fingerprint density at radius 3 is 2.07 bits per heavy atom. The Morgan fingerprint density at radius 1 is 0.867 bits per heavy atom. The summed E-state index contributed by atoms with van der Waals surface area (Å²) in [6, 6.07) is 22.6. The van der Waals surface area contributed by atoms with Crippen molar-refractivity contribution >= 4 is 11.8 Å². The van der Waals surface area contributed by atoms with Crippen molar-refractivity contribution in [2.45, 2.75) is 39.9 Å². The molecule has 3 aromatic rings. The molecule has 0 spiro atoms. The highest BCUT2D eigenvalue weighted by Gasteiger charge is 2.25. The van der Waals surface area contributed by atoms with Gasteiger partial charge in [0, 0.05) is 18.2 Å². The van der Waals surface area contributed by atoms with Gasteiger partial charge in [0.25, 0.3) is 5.91 Å². The molecule has 0 fully saturated rings. The first-order valence-electron chi connectivity index (χ1n) is 10.2. The first-order valence-corrected chi connectivity index (χ1v) is 10.2. The van der Waals surface area contributed by atoms with Crippen molar-refractivity contribution in [2.24, 2.45) is 0 Å². The lowest BCUT2D eigenvalue weighted by Crippen LogP contribution is -2.45. The molecule has 0 radical (unpaired) electrons. The molecule has 0 N–H and O–H groups in total. The Kier molecular flexibility index (Phi) is 7.07. The Morgan fingerprint density at radius 2 is 1.50 bits per heavy atom. The molecule has 0 unspecified atom stereocenters. The minimum atomic E-state index is -0.146. The molecule has 0 saturated heterocycles. The molecule has 0 saturated carbocycles. The SMILES string of the molecule is Cc1ccc(CN(Cc2ccccc2)C(=O)CN(C(=O)c2ccccc2)C(C)C)o1. The van der Waals surface area contributed by atoms with Crippen LogP contribution in [0.25, 0.3) is 0 Å². The van der Waals surface area contributed by atoms with Crippen LogP contribution in [0, 0.1) is 6.92 Å². The summed E-state index contributed by atoms with van der Waals surface area (Å²) in [5, 5.41) is 0. The van der Waals surface area contributed by atoms with Crippen LogP contribution in [0.5, 0.6) is 0 Å². The van der Waals surface area contributed by atoms with E-state index in [1.54, 1.807) is 21.9 Å². The van der Waals surface area contributed by atoms with Gasteiger partial charge in [0.2, 0.25) is 5.91 Å². The Labute approximate surface area is 177 Å². The van der Waals surface area contributed by atoms with Gasteiger partial charge in [0.05, 0.1) is 6.54 Å². The number of benzene rings is 2. The lowest BCUT2D eigenvalue weighted by Gasteiger charge is -2.30. The van der Waals surface area contributed by atoms with E-state index in [4.69, 9.17) is 4.42 Å². The lowest BCUT2D eigenvalue weighted by atomic mass is 10.1. The number of furan rings is 1. The predicted molar refractivity (Wildman–Crippen MR) is 117 cm³/mol. The molecule has 30 heavy (non-hydrogen) atoms. The minimum Gasteiger partial charge on any atom is -0.464 e. The van der Waals surface area contributed by atoms with Gasteiger partial charge < -0.3 is 14.2 Å². The highest BCUT2D eigenvalue weighted by molar-refractivity contribution is 5.96. The van der Waals surface area contributed by atoms with Gasteiger partial charge in [-0.1, -0.05) is 48.5 Å². The molecular formula is C25H28N2O3. The van der Waals surface area contributed by atoms with Crippen LogP contribution in [-0.4, -0.2) is 34.2 Å². The summed E-state index contributed by atoms with van der Waals surface area (Å²) in [5.74, 6) is 1.26. The van der Waals surface area contributed by atoms with Crippen LogP contribution in [0.4, 0.5) is 0 Å². The number of carbonyl (C=O) groups excluding carboxylic acids is 2. The van der Waals surface area contributed by atoms with Crippen molar-refractivity contribution in [2.75, 3.05) is 6.54 Å². The molecule has 0 bridgehead atoms. The fraction of sp³-hybridized carbons (Fsp3) is 0.280. The molecule has 1 aromatic heterocycles. The summed E-state index contributed by atoms with van der Waals surface area (Å²) in [5.41, 5.74) is 1.61. The van der Waals surface area contributed by atoms with E-state index < -0.39 is 0 Å². The second-order valence-corrected chi connectivity index (χ2v) is 7.64. The van der Waals surface area contributed by atoms with E-state index in [0.29, 0.717) is 18.7 Å². The molecule has 0 aliphatic carbocycles. The summed E-state index contributed by atoms with van der Waals surface area (Å²) in [6.07, 6.45) is 0. The molecule has 3 rings (SSSR count). The zero-order valence-corrected chi connectivity index (χ0v) is 17.7. The van der Waals surface area contributed by atoms with Gasteiger partial charge in [-0.05, 0) is 50.6 Å². The summed E-state index contributed by atoms with van der Waals surface area (Å²) < 4.78 is 5.70. The molecule has 0 atom stereocenters. The van der Waals surface area contributed by atoms with Gasteiger partial charge in [0.15, 0.2) is 0 Å². The van der Waals surface area contributed by atoms with Crippen molar-refractivity contribution in [1.29, 1.82) is 0 Å². The Bertz CT molecular complexity index is 964. The standard InChI is InChI=1S/C25H28N2O3/c1-19(2)27(25(29)22-12-8-5-9-13-22)18-24(28)26(16-21-10-6-4-7-11-21)17-23-15-14-20(3)30-23/h4-15,19H,16-18H2,1-3H3. The Balaban J connectivity index is 1.80. The molecule has 2 amide bonds. The van der Waals surface area contributed by atoms with Crippen molar-refractivity contribution in [3.63, 3.8) is 0 Å². The van der Waals surface area contributed by atoms with Gasteiger partial charge in [0.1, 0.15) is 18.1 Å². The fourth-order valence-electron chi connectivity index (χ4n) is 3.28. The molecule has 2 aromatic carbocycles. The second kappa shape index (κ2) is 9.92. The van der Waals surface area contributed by atoms with E-state index in [1.807, 2.05) is 81.4 Å². The van der Waals surface area contributed by atoms with Crippen molar-refractivity contribution in [1.82, 2.24) is 9.80 Å². The Hall–Kier alpha value is -3.34. The molecule has 0 aliphatic rings. The van der Waals surface area contributed by atoms with Crippen LogP contribution in [0.2, 0.25) is 0 Å². The molecule has 5 heteroatoms. The van der Waals surface area contributed by atoms with Gasteiger partial charge in [-0.25, -0.2) is 0 Å². The van der Waals surface area contributed by atoms with Crippen LogP contribution in [0.3, 0.4) is 0 Å². The average molecular weight is 405 g/mol. The minimum absolute atomic E-state index is 0.0118. The zero-order chi connectivity index (χ0) is 21.5. The fourth-order valence-corrected chi connectivity index (χ4v) is 3.28.